The van der Waals surface area contributed by atoms with Gasteiger partial charge in [0.1, 0.15) is 5.75 Å². The molecule has 2 unspecified atom stereocenters. The van der Waals surface area contributed by atoms with E-state index in [0.29, 0.717) is 44.0 Å². The summed E-state index contributed by atoms with van der Waals surface area (Å²) < 4.78 is 5.19. The maximum absolute atomic E-state index is 12.6. The van der Waals surface area contributed by atoms with Crippen LogP contribution in [-0.2, 0) is 9.59 Å². The molecule has 1 heterocycles. The Morgan fingerprint density at radius 1 is 1.17 bits per heavy atom. The first-order valence-electron chi connectivity index (χ1n) is 10.1. The van der Waals surface area contributed by atoms with Crippen LogP contribution in [0.5, 0.6) is 5.75 Å². The number of amides is 4. The molecule has 2 atom stereocenters. The van der Waals surface area contributed by atoms with Crippen LogP contribution in [0.2, 0.25) is 0 Å². The summed E-state index contributed by atoms with van der Waals surface area (Å²) in [5.41, 5.74) is 0.697. The van der Waals surface area contributed by atoms with Crippen LogP contribution in [0.15, 0.2) is 24.3 Å². The SMILES string of the molecule is CCC1CN(C(=O)Nc2cccc(OC)c2)CCC1CC(=O)NCCNC(C)=O. The van der Waals surface area contributed by atoms with Crippen molar-refractivity contribution in [3.05, 3.63) is 24.3 Å². The first kappa shape index (κ1) is 22.5. The summed E-state index contributed by atoms with van der Waals surface area (Å²) in [6, 6.07) is 7.15. The summed E-state index contributed by atoms with van der Waals surface area (Å²) in [4.78, 5) is 37.5. The number of carbonyl (C=O) groups excluding carboxylic acids is 3. The molecule has 0 radical (unpaired) electrons. The van der Waals surface area contributed by atoms with E-state index in [1.54, 1.807) is 13.2 Å². The number of nitrogens with one attached hydrogen (secondary N) is 3. The lowest BCUT2D eigenvalue weighted by molar-refractivity contribution is -0.123. The van der Waals surface area contributed by atoms with Gasteiger partial charge in [-0.2, -0.15) is 0 Å². The number of hydrogen-bond donors (Lipinski definition) is 3. The highest BCUT2D eigenvalue weighted by Gasteiger charge is 2.31. The van der Waals surface area contributed by atoms with E-state index in [-0.39, 0.29) is 29.7 Å². The van der Waals surface area contributed by atoms with E-state index < -0.39 is 0 Å². The summed E-state index contributed by atoms with van der Waals surface area (Å²) in [7, 11) is 1.59. The zero-order valence-electron chi connectivity index (χ0n) is 17.5. The molecule has 8 heteroatoms. The minimum absolute atomic E-state index is 0.00640. The van der Waals surface area contributed by atoms with Gasteiger partial charge in [0, 0.05) is 51.3 Å². The first-order chi connectivity index (χ1) is 13.9. The standard InChI is InChI=1S/C21H32N4O4/c1-4-16-14-25(21(28)24-18-6-5-7-19(13-18)29-3)11-8-17(16)12-20(27)23-10-9-22-15(2)26/h5-7,13,16-17H,4,8-12,14H2,1-3H3,(H,22,26)(H,23,27)(H,24,28). The summed E-state index contributed by atoms with van der Waals surface area (Å²) in [5.74, 6) is 1.11. The summed E-state index contributed by atoms with van der Waals surface area (Å²) >= 11 is 0. The number of ether oxygens (including phenoxy) is 1. The van der Waals surface area contributed by atoms with Crippen molar-refractivity contribution in [2.24, 2.45) is 11.8 Å². The molecular weight excluding hydrogens is 372 g/mol. The number of benzene rings is 1. The third-order valence-electron chi connectivity index (χ3n) is 5.29. The molecule has 2 rings (SSSR count). The van der Waals surface area contributed by atoms with E-state index in [4.69, 9.17) is 4.74 Å². The zero-order valence-corrected chi connectivity index (χ0v) is 17.5. The second-order valence-electron chi connectivity index (χ2n) is 7.36. The van der Waals surface area contributed by atoms with Crippen molar-refractivity contribution >= 4 is 23.5 Å². The molecular formula is C21H32N4O4. The van der Waals surface area contributed by atoms with Crippen molar-refractivity contribution in [1.29, 1.82) is 0 Å². The van der Waals surface area contributed by atoms with Crippen LogP contribution in [0.25, 0.3) is 0 Å². The van der Waals surface area contributed by atoms with E-state index in [0.717, 1.165) is 12.8 Å². The number of piperidine rings is 1. The smallest absolute Gasteiger partial charge is 0.321 e. The minimum atomic E-state index is -0.130. The van der Waals surface area contributed by atoms with Gasteiger partial charge in [0.05, 0.1) is 7.11 Å². The molecule has 29 heavy (non-hydrogen) atoms. The van der Waals surface area contributed by atoms with Crippen LogP contribution in [-0.4, -0.2) is 56.0 Å². The minimum Gasteiger partial charge on any atom is -0.497 e. The molecule has 0 saturated carbocycles. The van der Waals surface area contributed by atoms with Crippen molar-refractivity contribution in [2.45, 2.75) is 33.1 Å². The zero-order chi connectivity index (χ0) is 21.2. The fraction of sp³-hybridized carbons (Fsp3) is 0.571. The Kier molecular flexibility index (Phi) is 8.76. The maximum atomic E-state index is 12.6. The van der Waals surface area contributed by atoms with Gasteiger partial charge in [-0.25, -0.2) is 4.79 Å². The molecule has 160 valence electrons. The summed E-state index contributed by atoms with van der Waals surface area (Å²) in [6.45, 7) is 5.66. The topological polar surface area (TPSA) is 99.8 Å². The third-order valence-corrected chi connectivity index (χ3v) is 5.29. The summed E-state index contributed by atoms with van der Waals surface area (Å²) in [6.07, 6.45) is 2.15. The highest BCUT2D eigenvalue weighted by Crippen LogP contribution is 2.29. The van der Waals surface area contributed by atoms with Gasteiger partial charge in [0.15, 0.2) is 0 Å². The largest absolute Gasteiger partial charge is 0.497 e. The highest BCUT2D eigenvalue weighted by molar-refractivity contribution is 5.89. The fourth-order valence-corrected chi connectivity index (χ4v) is 3.65. The van der Waals surface area contributed by atoms with E-state index in [2.05, 4.69) is 22.9 Å². The lowest BCUT2D eigenvalue weighted by atomic mass is 9.81. The molecule has 1 aliphatic rings. The Bertz CT molecular complexity index is 710. The Labute approximate surface area is 172 Å². The van der Waals surface area contributed by atoms with Gasteiger partial charge in [0.25, 0.3) is 0 Å². The molecule has 0 bridgehead atoms. The van der Waals surface area contributed by atoms with Crippen LogP contribution in [0.4, 0.5) is 10.5 Å². The van der Waals surface area contributed by atoms with Gasteiger partial charge in [-0.15, -0.1) is 0 Å². The molecule has 0 spiro atoms. The quantitative estimate of drug-likeness (QED) is 0.579. The second-order valence-corrected chi connectivity index (χ2v) is 7.36. The normalized spacial score (nSPS) is 18.7. The number of nitrogens with zero attached hydrogens (tertiary/aromatic N) is 1. The third kappa shape index (κ3) is 7.29. The van der Waals surface area contributed by atoms with Gasteiger partial charge >= 0.3 is 6.03 Å². The van der Waals surface area contributed by atoms with Crippen molar-refractivity contribution in [3.63, 3.8) is 0 Å². The Balaban J connectivity index is 1.82. The van der Waals surface area contributed by atoms with E-state index >= 15 is 0 Å². The van der Waals surface area contributed by atoms with Crippen molar-refractivity contribution in [3.8, 4) is 5.75 Å². The number of hydrogen-bond acceptors (Lipinski definition) is 4. The van der Waals surface area contributed by atoms with Crippen LogP contribution in [0, 0.1) is 11.8 Å². The van der Waals surface area contributed by atoms with Crippen molar-refractivity contribution in [2.75, 3.05) is 38.6 Å². The van der Waals surface area contributed by atoms with Crippen LogP contribution < -0.4 is 20.7 Å². The average molecular weight is 405 g/mol. The van der Waals surface area contributed by atoms with Gasteiger partial charge in [0.2, 0.25) is 11.8 Å². The molecule has 1 aromatic carbocycles. The Morgan fingerprint density at radius 2 is 1.93 bits per heavy atom. The number of rotatable bonds is 8. The number of likely N-dealkylation sites (tertiary alicyclic amines) is 1. The monoisotopic (exact) mass is 404 g/mol. The van der Waals surface area contributed by atoms with Gasteiger partial charge in [-0.05, 0) is 30.4 Å². The van der Waals surface area contributed by atoms with Gasteiger partial charge in [-0.1, -0.05) is 19.4 Å². The maximum Gasteiger partial charge on any atom is 0.321 e. The second kappa shape index (κ2) is 11.3. The Hall–Kier alpha value is -2.77. The van der Waals surface area contributed by atoms with Crippen LogP contribution >= 0.6 is 0 Å². The average Bonchev–Trinajstić information content (AvgIpc) is 2.71. The highest BCUT2D eigenvalue weighted by atomic mass is 16.5. The molecule has 1 aliphatic heterocycles. The number of carbonyl (C=O) groups is 3. The number of anilines is 1. The van der Waals surface area contributed by atoms with E-state index in [1.807, 2.05) is 23.1 Å². The molecule has 0 aromatic heterocycles. The first-order valence-corrected chi connectivity index (χ1v) is 10.1. The van der Waals surface area contributed by atoms with Crippen LogP contribution in [0.1, 0.15) is 33.1 Å². The number of methoxy groups -OCH3 is 1. The molecule has 0 aliphatic carbocycles. The Morgan fingerprint density at radius 3 is 2.62 bits per heavy atom. The van der Waals surface area contributed by atoms with Crippen LogP contribution in [0.3, 0.4) is 0 Å². The predicted molar refractivity (Wildman–Crippen MR) is 112 cm³/mol. The lowest BCUT2D eigenvalue weighted by Gasteiger charge is -2.38. The lowest BCUT2D eigenvalue weighted by Crippen LogP contribution is -2.46. The van der Waals surface area contributed by atoms with E-state index in [1.165, 1.54) is 6.92 Å². The fourth-order valence-electron chi connectivity index (χ4n) is 3.65. The van der Waals surface area contributed by atoms with Crippen molar-refractivity contribution < 1.29 is 19.1 Å². The number of urea groups is 1. The molecule has 4 amide bonds. The van der Waals surface area contributed by atoms with Crippen molar-refractivity contribution in [1.82, 2.24) is 15.5 Å². The molecule has 1 aromatic rings. The molecule has 1 saturated heterocycles. The van der Waals surface area contributed by atoms with Gasteiger partial charge in [-0.3, -0.25) is 9.59 Å². The van der Waals surface area contributed by atoms with E-state index in [9.17, 15) is 14.4 Å². The van der Waals surface area contributed by atoms with Gasteiger partial charge < -0.3 is 25.6 Å². The molecule has 8 nitrogen and oxygen atoms in total. The molecule has 1 fully saturated rings. The molecule has 3 N–H and O–H groups in total. The predicted octanol–water partition coefficient (Wildman–Crippen LogP) is 2.22. The summed E-state index contributed by atoms with van der Waals surface area (Å²) in [5, 5.41) is 8.43.